The van der Waals surface area contributed by atoms with E-state index in [9.17, 15) is 4.79 Å². The molecule has 17 heavy (non-hydrogen) atoms. The number of anilines is 1. The Kier molecular flexibility index (Phi) is 3.17. The minimum Gasteiger partial charge on any atom is -0.390 e. The maximum absolute atomic E-state index is 12.0. The van der Waals surface area contributed by atoms with Crippen molar-refractivity contribution < 1.29 is 4.79 Å². The molecule has 0 bridgehead atoms. The second-order valence-electron chi connectivity index (χ2n) is 5.44. The Morgan fingerprint density at radius 1 is 1.53 bits per heavy atom. The van der Waals surface area contributed by atoms with Gasteiger partial charge in [0, 0.05) is 11.4 Å². The molecule has 0 radical (unpaired) electrons. The molecule has 4 heteroatoms. The zero-order valence-corrected chi connectivity index (χ0v) is 11.5. The van der Waals surface area contributed by atoms with Crippen LogP contribution in [0.2, 0.25) is 0 Å². The maximum atomic E-state index is 12.0. The minimum absolute atomic E-state index is 0.0118. The predicted octanol–water partition coefficient (Wildman–Crippen LogP) is 2.59. The lowest BCUT2D eigenvalue weighted by Gasteiger charge is -2.29. The average molecular weight is 252 g/mol. The summed E-state index contributed by atoms with van der Waals surface area (Å²) in [6.45, 7) is 7.12. The van der Waals surface area contributed by atoms with Crippen molar-refractivity contribution in [1.29, 1.82) is 0 Å². The number of nitrogens with two attached hydrogens (primary N) is 1. The Morgan fingerprint density at radius 2 is 2.24 bits per heavy atom. The monoisotopic (exact) mass is 252 g/mol. The second-order valence-corrected chi connectivity index (χ2v) is 6.58. The van der Waals surface area contributed by atoms with E-state index < -0.39 is 0 Å². The van der Waals surface area contributed by atoms with Crippen LogP contribution in [0.4, 0.5) is 5.00 Å². The summed E-state index contributed by atoms with van der Waals surface area (Å²) in [4.78, 5) is 13.3. The van der Waals surface area contributed by atoms with Crippen molar-refractivity contribution in [3.8, 4) is 0 Å². The molecule has 1 heterocycles. The lowest BCUT2D eigenvalue weighted by molar-refractivity contribution is 0.0955. The van der Waals surface area contributed by atoms with Gasteiger partial charge in [-0.15, -0.1) is 11.3 Å². The number of hydrogen-bond acceptors (Lipinski definition) is 3. The van der Waals surface area contributed by atoms with E-state index in [0.29, 0.717) is 17.0 Å². The van der Waals surface area contributed by atoms with Gasteiger partial charge in [-0.3, -0.25) is 4.79 Å². The van der Waals surface area contributed by atoms with Gasteiger partial charge in [0.2, 0.25) is 0 Å². The summed E-state index contributed by atoms with van der Waals surface area (Å²) in [6.07, 6.45) is 3.14. The maximum Gasteiger partial charge on any atom is 0.254 e. The van der Waals surface area contributed by atoms with Crippen LogP contribution in [0.5, 0.6) is 0 Å². The molecule has 0 saturated heterocycles. The summed E-state index contributed by atoms with van der Waals surface area (Å²) in [7, 11) is 0. The van der Waals surface area contributed by atoms with E-state index in [4.69, 9.17) is 5.73 Å². The van der Waals surface area contributed by atoms with Crippen LogP contribution in [-0.4, -0.2) is 12.5 Å². The Bertz CT molecular complexity index is 449. The van der Waals surface area contributed by atoms with E-state index in [1.807, 2.05) is 6.92 Å². The number of nitrogen functional groups attached to an aromatic ring is 1. The number of amides is 1. The van der Waals surface area contributed by atoms with E-state index >= 15 is 0 Å². The van der Waals surface area contributed by atoms with Gasteiger partial charge < -0.3 is 11.1 Å². The number of carbonyl (C=O) groups is 1. The molecule has 1 aromatic rings. The third-order valence-corrected chi connectivity index (χ3v) is 4.43. The highest BCUT2D eigenvalue weighted by Gasteiger charge is 2.31. The smallest absolute Gasteiger partial charge is 0.254 e. The molecule has 0 unspecified atom stereocenters. The first-order valence-electron chi connectivity index (χ1n) is 6.13. The van der Waals surface area contributed by atoms with Crippen molar-refractivity contribution in [3.05, 3.63) is 16.0 Å². The van der Waals surface area contributed by atoms with Gasteiger partial charge in [0.15, 0.2) is 0 Å². The number of fused-ring (bicyclic) bond motifs is 1. The molecule has 1 aromatic heterocycles. The Balaban J connectivity index is 2.37. The molecule has 2 rings (SSSR count). The molecule has 1 aliphatic rings. The number of hydrogen-bond donors (Lipinski definition) is 2. The summed E-state index contributed by atoms with van der Waals surface area (Å²) in [5.41, 5.74) is 8.27. The van der Waals surface area contributed by atoms with Crippen LogP contribution in [0.25, 0.3) is 0 Å². The molecule has 3 N–H and O–H groups in total. The fourth-order valence-electron chi connectivity index (χ4n) is 2.43. The molecule has 0 aromatic carbocycles. The standard InChI is InChI=1S/C13H20N2OS/c1-4-15-12(16)10-8-5-6-13(2,3)7-9(8)17-11(10)14/h4-7,14H2,1-3H3,(H,15,16). The van der Waals surface area contributed by atoms with Gasteiger partial charge >= 0.3 is 0 Å². The van der Waals surface area contributed by atoms with Gasteiger partial charge in [-0.1, -0.05) is 13.8 Å². The van der Waals surface area contributed by atoms with Crippen LogP contribution in [-0.2, 0) is 12.8 Å². The molecule has 0 aliphatic heterocycles. The highest BCUT2D eigenvalue weighted by atomic mass is 32.1. The molecule has 1 amide bonds. The van der Waals surface area contributed by atoms with Crippen molar-refractivity contribution in [1.82, 2.24) is 5.32 Å². The van der Waals surface area contributed by atoms with Crippen LogP contribution in [0.15, 0.2) is 0 Å². The third kappa shape index (κ3) is 2.32. The quantitative estimate of drug-likeness (QED) is 0.850. The van der Waals surface area contributed by atoms with Crippen LogP contribution < -0.4 is 11.1 Å². The van der Waals surface area contributed by atoms with Gasteiger partial charge in [0.05, 0.1) is 10.6 Å². The molecular weight excluding hydrogens is 232 g/mol. The number of carbonyl (C=O) groups excluding carboxylic acids is 1. The zero-order valence-electron chi connectivity index (χ0n) is 10.7. The van der Waals surface area contributed by atoms with Crippen molar-refractivity contribution >= 4 is 22.2 Å². The fraction of sp³-hybridized carbons (Fsp3) is 0.615. The Morgan fingerprint density at radius 3 is 2.88 bits per heavy atom. The largest absolute Gasteiger partial charge is 0.390 e. The molecule has 0 spiro atoms. The summed E-state index contributed by atoms with van der Waals surface area (Å²) in [5, 5.41) is 3.53. The molecular formula is C13H20N2OS. The normalized spacial score (nSPS) is 17.6. The zero-order chi connectivity index (χ0) is 12.6. The highest BCUT2D eigenvalue weighted by molar-refractivity contribution is 7.16. The van der Waals surface area contributed by atoms with Gasteiger partial charge in [-0.2, -0.15) is 0 Å². The first-order chi connectivity index (χ1) is 7.94. The van der Waals surface area contributed by atoms with E-state index in [0.717, 1.165) is 24.8 Å². The van der Waals surface area contributed by atoms with Gasteiger partial charge in [0.1, 0.15) is 0 Å². The fourth-order valence-corrected chi connectivity index (χ4v) is 3.80. The molecule has 3 nitrogen and oxygen atoms in total. The van der Waals surface area contributed by atoms with Crippen LogP contribution in [0.1, 0.15) is 48.0 Å². The lowest BCUT2D eigenvalue weighted by Crippen LogP contribution is -2.26. The second kappa shape index (κ2) is 4.33. The minimum atomic E-state index is -0.0118. The van der Waals surface area contributed by atoms with E-state index in [1.54, 1.807) is 11.3 Å². The highest BCUT2D eigenvalue weighted by Crippen LogP contribution is 2.42. The van der Waals surface area contributed by atoms with E-state index in [-0.39, 0.29) is 5.91 Å². The molecule has 0 atom stereocenters. The van der Waals surface area contributed by atoms with E-state index in [1.165, 1.54) is 10.4 Å². The predicted molar refractivity (Wildman–Crippen MR) is 72.5 cm³/mol. The summed E-state index contributed by atoms with van der Waals surface area (Å²) in [6, 6.07) is 0. The number of nitrogens with one attached hydrogen (secondary N) is 1. The summed E-state index contributed by atoms with van der Waals surface area (Å²) >= 11 is 1.59. The van der Waals surface area contributed by atoms with Gasteiger partial charge in [0.25, 0.3) is 5.91 Å². The van der Waals surface area contributed by atoms with Crippen molar-refractivity contribution in [3.63, 3.8) is 0 Å². The molecule has 94 valence electrons. The van der Waals surface area contributed by atoms with Crippen molar-refractivity contribution in [2.24, 2.45) is 5.41 Å². The average Bonchev–Trinajstić information content (AvgIpc) is 2.51. The van der Waals surface area contributed by atoms with Crippen molar-refractivity contribution in [2.75, 3.05) is 12.3 Å². The van der Waals surface area contributed by atoms with Gasteiger partial charge in [-0.05, 0) is 37.2 Å². The number of rotatable bonds is 2. The van der Waals surface area contributed by atoms with Crippen LogP contribution >= 0.6 is 11.3 Å². The van der Waals surface area contributed by atoms with Crippen LogP contribution in [0.3, 0.4) is 0 Å². The molecule has 0 fully saturated rings. The lowest BCUT2D eigenvalue weighted by atomic mass is 9.77. The summed E-state index contributed by atoms with van der Waals surface area (Å²) < 4.78 is 0. The number of thiophene rings is 1. The van der Waals surface area contributed by atoms with E-state index in [2.05, 4.69) is 19.2 Å². The first kappa shape index (κ1) is 12.4. The Hall–Kier alpha value is -1.03. The molecule has 1 aliphatic carbocycles. The topological polar surface area (TPSA) is 55.1 Å². The SMILES string of the molecule is CCNC(=O)c1c(N)sc2c1CCC(C)(C)C2. The first-order valence-corrected chi connectivity index (χ1v) is 6.94. The van der Waals surface area contributed by atoms with Crippen LogP contribution in [0, 0.1) is 5.41 Å². The summed E-state index contributed by atoms with van der Waals surface area (Å²) in [5.74, 6) is -0.0118. The molecule has 0 saturated carbocycles. The van der Waals surface area contributed by atoms with Crippen molar-refractivity contribution in [2.45, 2.75) is 40.0 Å². The van der Waals surface area contributed by atoms with Gasteiger partial charge in [-0.25, -0.2) is 0 Å². The Labute approximate surface area is 106 Å². The third-order valence-electron chi connectivity index (χ3n) is 3.37.